The summed E-state index contributed by atoms with van der Waals surface area (Å²) in [6, 6.07) is 4.23. The summed E-state index contributed by atoms with van der Waals surface area (Å²) in [5, 5.41) is 13.6. The van der Waals surface area contributed by atoms with E-state index in [0.717, 1.165) is 19.3 Å². The number of nitro groups is 1. The second-order valence-electron chi connectivity index (χ2n) is 5.37. The normalized spacial score (nSPS) is 22.3. The van der Waals surface area contributed by atoms with Crippen molar-refractivity contribution in [1.29, 1.82) is 0 Å². The third kappa shape index (κ3) is 3.48. The van der Waals surface area contributed by atoms with Crippen LogP contribution in [0.5, 0.6) is 0 Å². The summed E-state index contributed by atoms with van der Waals surface area (Å²) < 4.78 is 0. The minimum atomic E-state index is -0.563. The molecule has 1 aromatic rings. The van der Waals surface area contributed by atoms with Crippen LogP contribution in [0.2, 0.25) is 5.02 Å². The van der Waals surface area contributed by atoms with Crippen LogP contribution in [0.25, 0.3) is 0 Å². The molecule has 0 radical (unpaired) electrons. The molecule has 0 bridgehead atoms. The highest BCUT2D eigenvalue weighted by Crippen LogP contribution is 2.26. The summed E-state index contributed by atoms with van der Waals surface area (Å²) in [4.78, 5) is 22.2. The second kappa shape index (κ2) is 6.22. The van der Waals surface area contributed by atoms with E-state index in [1.54, 1.807) is 0 Å². The maximum Gasteiger partial charge on any atom is 0.287 e. The predicted octanol–water partition coefficient (Wildman–Crippen LogP) is 3.56. The van der Waals surface area contributed by atoms with Gasteiger partial charge in [0.25, 0.3) is 11.6 Å². The number of nitrogens with one attached hydrogen (secondary N) is 1. The molecule has 1 amide bonds. The highest BCUT2D eigenvalue weighted by molar-refractivity contribution is 6.33. The molecule has 1 saturated carbocycles. The molecule has 1 fully saturated rings. The minimum Gasteiger partial charge on any atom is -0.349 e. The molecule has 2 unspecified atom stereocenters. The number of nitrogens with zero attached hydrogens (tertiary/aromatic N) is 1. The fraction of sp³-hybridized carbons (Fsp3) is 0.500. The van der Waals surface area contributed by atoms with E-state index in [-0.39, 0.29) is 22.7 Å². The molecule has 0 spiro atoms. The molecule has 108 valence electrons. The van der Waals surface area contributed by atoms with Crippen molar-refractivity contribution in [2.75, 3.05) is 0 Å². The Balaban J connectivity index is 2.05. The number of hydrogen-bond donors (Lipinski definition) is 1. The smallest absolute Gasteiger partial charge is 0.287 e. The molecular weight excluding hydrogens is 280 g/mol. The molecule has 2 atom stereocenters. The first-order valence-electron chi connectivity index (χ1n) is 6.72. The molecule has 5 nitrogen and oxygen atoms in total. The van der Waals surface area contributed by atoms with Gasteiger partial charge in [-0.25, -0.2) is 0 Å². The third-order valence-electron chi connectivity index (χ3n) is 3.68. The van der Waals surface area contributed by atoms with Gasteiger partial charge in [-0.15, -0.1) is 0 Å². The van der Waals surface area contributed by atoms with E-state index >= 15 is 0 Å². The fourth-order valence-electron chi connectivity index (χ4n) is 2.63. The van der Waals surface area contributed by atoms with Crippen LogP contribution < -0.4 is 5.32 Å². The highest BCUT2D eigenvalue weighted by Gasteiger charge is 2.22. The number of carbonyl (C=O) groups excluding carboxylic acids is 1. The first-order chi connectivity index (χ1) is 9.47. The second-order valence-corrected chi connectivity index (χ2v) is 5.77. The van der Waals surface area contributed by atoms with Crippen molar-refractivity contribution >= 4 is 23.2 Å². The lowest BCUT2D eigenvalue weighted by atomic mass is 9.87. The van der Waals surface area contributed by atoms with Crippen molar-refractivity contribution in [3.05, 3.63) is 38.9 Å². The van der Waals surface area contributed by atoms with Crippen LogP contribution >= 0.6 is 11.6 Å². The summed E-state index contributed by atoms with van der Waals surface area (Å²) in [6.45, 7) is 2.18. The maximum absolute atomic E-state index is 12.1. The largest absolute Gasteiger partial charge is 0.349 e. The number of hydrogen-bond acceptors (Lipinski definition) is 3. The molecule has 0 saturated heterocycles. The number of benzene rings is 1. The van der Waals surface area contributed by atoms with Gasteiger partial charge in [-0.05, 0) is 30.9 Å². The van der Waals surface area contributed by atoms with Crippen LogP contribution in [0.15, 0.2) is 18.2 Å². The van der Waals surface area contributed by atoms with Gasteiger partial charge in [-0.3, -0.25) is 14.9 Å². The number of carbonyl (C=O) groups is 1. The van der Waals surface area contributed by atoms with Gasteiger partial charge in [0.1, 0.15) is 5.02 Å². The first-order valence-corrected chi connectivity index (χ1v) is 7.10. The Bertz CT molecular complexity index is 533. The molecule has 0 aliphatic heterocycles. The van der Waals surface area contributed by atoms with Crippen LogP contribution in [0.3, 0.4) is 0 Å². The third-order valence-corrected chi connectivity index (χ3v) is 3.98. The molecule has 20 heavy (non-hydrogen) atoms. The van der Waals surface area contributed by atoms with E-state index in [1.807, 2.05) is 0 Å². The van der Waals surface area contributed by atoms with Crippen LogP contribution in [0.4, 0.5) is 5.69 Å². The molecule has 2 rings (SSSR count). The molecular formula is C14H17ClN2O3. The first kappa shape index (κ1) is 14.8. The molecule has 1 aliphatic rings. The van der Waals surface area contributed by atoms with E-state index < -0.39 is 4.92 Å². The van der Waals surface area contributed by atoms with Crippen LogP contribution in [0, 0.1) is 16.0 Å². The van der Waals surface area contributed by atoms with Crippen molar-refractivity contribution in [2.45, 2.75) is 38.6 Å². The summed E-state index contributed by atoms with van der Waals surface area (Å²) in [7, 11) is 0. The van der Waals surface area contributed by atoms with Crippen molar-refractivity contribution in [2.24, 2.45) is 5.92 Å². The molecule has 6 heteroatoms. The number of amides is 1. The number of rotatable bonds is 3. The van der Waals surface area contributed by atoms with Crippen LogP contribution in [-0.4, -0.2) is 16.9 Å². The Labute approximate surface area is 122 Å². The van der Waals surface area contributed by atoms with Gasteiger partial charge in [0, 0.05) is 17.7 Å². The minimum absolute atomic E-state index is 0.0142. The molecule has 0 aromatic heterocycles. The van der Waals surface area contributed by atoms with Crippen molar-refractivity contribution in [3.8, 4) is 0 Å². The Hall–Kier alpha value is -1.62. The van der Waals surface area contributed by atoms with Gasteiger partial charge in [-0.2, -0.15) is 0 Å². The quantitative estimate of drug-likeness (QED) is 0.684. The standard InChI is InChI=1S/C14H17ClN2O3/c1-9-3-2-4-11(7-9)16-14(18)10-5-6-13(17(19)20)12(15)8-10/h5-6,8-9,11H,2-4,7H2,1H3,(H,16,18). The molecule has 0 heterocycles. The van der Waals surface area contributed by atoms with Crippen molar-refractivity contribution < 1.29 is 9.72 Å². The van der Waals surface area contributed by atoms with Gasteiger partial charge >= 0.3 is 0 Å². The lowest BCUT2D eigenvalue weighted by Crippen LogP contribution is -2.37. The highest BCUT2D eigenvalue weighted by atomic mass is 35.5. The van der Waals surface area contributed by atoms with Gasteiger partial charge in [0.05, 0.1) is 4.92 Å². The van der Waals surface area contributed by atoms with Crippen LogP contribution in [-0.2, 0) is 0 Å². The zero-order valence-corrected chi connectivity index (χ0v) is 12.0. The Morgan fingerprint density at radius 1 is 1.45 bits per heavy atom. The Morgan fingerprint density at radius 2 is 2.20 bits per heavy atom. The zero-order chi connectivity index (χ0) is 14.7. The van der Waals surface area contributed by atoms with E-state index in [4.69, 9.17) is 11.6 Å². The zero-order valence-electron chi connectivity index (χ0n) is 11.3. The van der Waals surface area contributed by atoms with Crippen molar-refractivity contribution in [1.82, 2.24) is 5.32 Å². The summed E-state index contributed by atoms with van der Waals surface area (Å²) in [6.07, 6.45) is 4.28. The lowest BCUT2D eigenvalue weighted by molar-refractivity contribution is -0.384. The van der Waals surface area contributed by atoms with Crippen LogP contribution in [0.1, 0.15) is 43.0 Å². The average Bonchev–Trinajstić information content (AvgIpc) is 2.38. The van der Waals surface area contributed by atoms with E-state index in [1.165, 1.54) is 24.6 Å². The lowest BCUT2D eigenvalue weighted by Gasteiger charge is -2.27. The number of nitro benzene ring substituents is 1. The van der Waals surface area contributed by atoms with Gasteiger partial charge in [0.2, 0.25) is 0 Å². The van der Waals surface area contributed by atoms with E-state index in [0.29, 0.717) is 11.5 Å². The SMILES string of the molecule is CC1CCCC(NC(=O)c2ccc([N+](=O)[O-])c(Cl)c2)C1. The maximum atomic E-state index is 12.1. The molecule has 1 aromatic carbocycles. The summed E-state index contributed by atoms with van der Waals surface area (Å²) in [5.41, 5.74) is 0.174. The Morgan fingerprint density at radius 3 is 2.80 bits per heavy atom. The monoisotopic (exact) mass is 296 g/mol. The summed E-state index contributed by atoms with van der Waals surface area (Å²) >= 11 is 5.81. The van der Waals surface area contributed by atoms with Gasteiger partial charge < -0.3 is 5.32 Å². The van der Waals surface area contributed by atoms with E-state index in [9.17, 15) is 14.9 Å². The predicted molar refractivity (Wildman–Crippen MR) is 77.0 cm³/mol. The van der Waals surface area contributed by atoms with Gasteiger partial charge in [0.15, 0.2) is 0 Å². The molecule has 1 aliphatic carbocycles. The van der Waals surface area contributed by atoms with E-state index in [2.05, 4.69) is 12.2 Å². The molecule has 1 N–H and O–H groups in total. The topological polar surface area (TPSA) is 72.2 Å². The fourth-order valence-corrected chi connectivity index (χ4v) is 2.88. The van der Waals surface area contributed by atoms with Gasteiger partial charge in [-0.1, -0.05) is 31.4 Å². The summed E-state index contributed by atoms with van der Waals surface area (Å²) in [5.74, 6) is 0.399. The van der Waals surface area contributed by atoms with Crippen molar-refractivity contribution in [3.63, 3.8) is 0 Å². The average molecular weight is 297 g/mol. The number of halogens is 1. The Kier molecular flexibility index (Phi) is 4.60.